The molecule has 0 bridgehead atoms. The fraction of sp³-hybridized carbons (Fsp3) is 0.212. The Morgan fingerprint density at radius 2 is 1.38 bits per heavy atom. The summed E-state index contributed by atoms with van der Waals surface area (Å²) < 4.78 is 34.3. The Bertz CT molecular complexity index is 1580. The van der Waals surface area contributed by atoms with E-state index >= 15 is 0 Å². The van der Waals surface area contributed by atoms with E-state index < -0.39 is 28.5 Å². The fourth-order valence-electron chi connectivity index (χ4n) is 4.62. The van der Waals surface area contributed by atoms with Crippen LogP contribution < -0.4 is 14.4 Å². The maximum atomic E-state index is 14.2. The molecule has 9 heteroatoms. The molecule has 0 saturated carbocycles. The van der Waals surface area contributed by atoms with Crippen LogP contribution in [0, 0.1) is 6.92 Å². The summed E-state index contributed by atoms with van der Waals surface area (Å²) in [6.45, 7) is 1.51. The number of rotatable bonds is 12. The standard InChI is InChI=1S/C33H35N3O5S/c1-25-14-16-28(17-15-25)36(42(39,40)30-20-18-29(41-3)19-21-30)24-32(37)35(23-27-12-8-5-9-13-27)31(33(38)34-2)22-26-10-6-4-7-11-26/h4-21,31H,22-24H2,1-3H3,(H,34,38). The average molecular weight is 586 g/mol. The predicted molar refractivity (Wildman–Crippen MR) is 164 cm³/mol. The highest BCUT2D eigenvalue weighted by Gasteiger charge is 2.34. The Labute approximate surface area is 247 Å². The number of methoxy groups -OCH3 is 1. The molecule has 0 spiro atoms. The third-order valence-corrected chi connectivity index (χ3v) is 8.75. The van der Waals surface area contributed by atoms with Gasteiger partial charge < -0.3 is 15.0 Å². The molecule has 4 rings (SSSR count). The minimum atomic E-state index is -4.17. The normalized spacial score (nSPS) is 11.8. The van der Waals surface area contributed by atoms with E-state index in [1.165, 1.54) is 31.2 Å². The molecular weight excluding hydrogens is 550 g/mol. The van der Waals surface area contributed by atoms with Crippen LogP contribution in [0.3, 0.4) is 0 Å². The lowest BCUT2D eigenvalue weighted by molar-refractivity contribution is -0.139. The lowest BCUT2D eigenvalue weighted by Crippen LogP contribution is -2.53. The Morgan fingerprint density at radius 1 is 0.810 bits per heavy atom. The van der Waals surface area contributed by atoms with E-state index in [2.05, 4.69) is 5.32 Å². The number of hydrogen-bond acceptors (Lipinski definition) is 5. The zero-order valence-electron chi connectivity index (χ0n) is 23.9. The Morgan fingerprint density at radius 3 is 1.93 bits per heavy atom. The number of nitrogens with zero attached hydrogens (tertiary/aromatic N) is 2. The molecule has 0 aliphatic heterocycles. The van der Waals surface area contributed by atoms with Crippen molar-refractivity contribution in [2.45, 2.75) is 30.8 Å². The Hall–Kier alpha value is -4.63. The molecule has 0 saturated heterocycles. The average Bonchev–Trinajstić information content (AvgIpc) is 3.02. The zero-order valence-corrected chi connectivity index (χ0v) is 24.8. The van der Waals surface area contributed by atoms with Gasteiger partial charge in [0.2, 0.25) is 11.8 Å². The molecule has 0 aromatic heterocycles. The van der Waals surface area contributed by atoms with Crippen LogP contribution in [0.1, 0.15) is 16.7 Å². The number of carbonyl (C=O) groups is 2. The summed E-state index contributed by atoms with van der Waals surface area (Å²) in [6.07, 6.45) is 0.259. The third-order valence-electron chi connectivity index (χ3n) is 6.96. The van der Waals surface area contributed by atoms with Gasteiger partial charge in [0.05, 0.1) is 17.7 Å². The van der Waals surface area contributed by atoms with Crippen LogP contribution in [0.4, 0.5) is 5.69 Å². The monoisotopic (exact) mass is 585 g/mol. The number of carbonyl (C=O) groups excluding carboxylic acids is 2. The molecule has 4 aromatic carbocycles. The summed E-state index contributed by atoms with van der Waals surface area (Å²) in [5.41, 5.74) is 2.97. The number of nitrogens with one attached hydrogen (secondary N) is 1. The van der Waals surface area contributed by atoms with Gasteiger partial charge in [0.15, 0.2) is 0 Å². The molecule has 1 unspecified atom stereocenters. The van der Waals surface area contributed by atoms with Crippen molar-refractivity contribution in [3.05, 3.63) is 126 Å². The van der Waals surface area contributed by atoms with Gasteiger partial charge in [0.25, 0.3) is 10.0 Å². The van der Waals surface area contributed by atoms with Gasteiger partial charge in [-0.3, -0.25) is 13.9 Å². The molecule has 0 radical (unpaired) electrons. The van der Waals surface area contributed by atoms with E-state index in [1.54, 1.807) is 36.4 Å². The number of likely N-dealkylation sites (N-methyl/N-ethyl adjacent to an activating group) is 1. The Kier molecular flexibility index (Phi) is 9.98. The third kappa shape index (κ3) is 7.36. The van der Waals surface area contributed by atoms with Crippen LogP contribution >= 0.6 is 0 Å². The molecule has 1 N–H and O–H groups in total. The fourth-order valence-corrected chi connectivity index (χ4v) is 6.03. The highest BCUT2D eigenvalue weighted by molar-refractivity contribution is 7.92. The van der Waals surface area contributed by atoms with Crippen LogP contribution in [0.2, 0.25) is 0 Å². The second kappa shape index (κ2) is 13.8. The van der Waals surface area contributed by atoms with Gasteiger partial charge in [0.1, 0.15) is 18.3 Å². The minimum absolute atomic E-state index is 0.0124. The van der Waals surface area contributed by atoms with E-state index in [-0.39, 0.29) is 23.8 Å². The number of ether oxygens (including phenoxy) is 1. The van der Waals surface area contributed by atoms with Crippen LogP contribution in [0.25, 0.3) is 0 Å². The second-order valence-electron chi connectivity index (χ2n) is 9.85. The number of benzene rings is 4. The van der Waals surface area contributed by atoms with E-state index in [9.17, 15) is 18.0 Å². The van der Waals surface area contributed by atoms with Gasteiger partial charge in [-0.1, -0.05) is 78.4 Å². The second-order valence-corrected chi connectivity index (χ2v) is 11.7. The van der Waals surface area contributed by atoms with Gasteiger partial charge >= 0.3 is 0 Å². The van der Waals surface area contributed by atoms with E-state index in [1.807, 2.05) is 67.6 Å². The minimum Gasteiger partial charge on any atom is -0.497 e. The van der Waals surface area contributed by atoms with E-state index in [0.29, 0.717) is 11.4 Å². The van der Waals surface area contributed by atoms with Crippen molar-refractivity contribution in [3.8, 4) is 5.75 Å². The Balaban J connectivity index is 1.76. The first kappa shape index (κ1) is 30.3. The molecule has 218 valence electrons. The van der Waals surface area contributed by atoms with Crippen molar-refractivity contribution in [3.63, 3.8) is 0 Å². The lowest BCUT2D eigenvalue weighted by atomic mass is 10.0. The first-order valence-corrected chi connectivity index (χ1v) is 15.0. The van der Waals surface area contributed by atoms with Crippen LogP contribution in [0.15, 0.2) is 114 Å². The van der Waals surface area contributed by atoms with Crippen LogP contribution in [0.5, 0.6) is 5.75 Å². The smallest absolute Gasteiger partial charge is 0.264 e. The van der Waals surface area contributed by atoms with Crippen molar-refractivity contribution in [2.75, 3.05) is 25.0 Å². The van der Waals surface area contributed by atoms with Gasteiger partial charge in [-0.2, -0.15) is 0 Å². The summed E-state index contributed by atoms with van der Waals surface area (Å²) in [5.74, 6) is -0.348. The molecule has 0 aliphatic rings. The highest BCUT2D eigenvalue weighted by atomic mass is 32.2. The molecule has 0 heterocycles. The molecule has 4 aromatic rings. The molecule has 42 heavy (non-hydrogen) atoms. The summed E-state index contributed by atoms with van der Waals surface area (Å²) in [5, 5.41) is 2.69. The molecule has 1 atom stereocenters. The largest absolute Gasteiger partial charge is 0.497 e. The summed E-state index contributed by atoms with van der Waals surface area (Å²) >= 11 is 0. The summed E-state index contributed by atoms with van der Waals surface area (Å²) in [7, 11) is -1.15. The summed E-state index contributed by atoms with van der Waals surface area (Å²) in [6, 6.07) is 30.8. The molecular formula is C33H35N3O5S. The number of aryl methyl sites for hydroxylation is 1. The van der Waals surface area contributed by atoms with Crippen molar-refractivity contribution in [2.24, 2.45) is 0 Å². The molecule has 2 amide bonds. The maximum Gasteiger partial charge on any atom is 0.264 e. The van der Waals surface area contributed by atoms with Gasteiger partial charge in [0, 0.05) is 20.0 Å². The van der Waals surface area contributed by atoms with E-state index in [4.69, 9.17) is 4.74 Å². The van der Waals surface area contributed by atoms with E-state index in [0.717, 1.165) is 21.0 Å². The maximum absolute atomic E-state index is 14.2. The van der Waals surface area contributed by atoms with Gasteiger partial charge in [-0.15, -0.1) is 0 Å². The predicted octanol–water partition coefficient (Wildman–Crippen LogP) is 4.59. The van der Waals surface area contributed by atoms with Gasteiger partial charge in [-0.05, 0) is 54.4 Å². The first-order valence-electron chi connectivity index (χ1n) is 13.6. The quantitative estimate of drug-likeness (QED) is 0.263. The number of sulfonamides is 1. The summed E-state index contributed by atoms with van der Waals surface area (Å²) in [4.78, 5) is 29.0. The molecule has 0 aliphatic carbocycles. The van der Waals surface area contributed by atoms with Crippen molar-refractivity contribution < 1.29 is 22.7 Å². The molecule has 0 fully saturated rings. The SMILES string of the molecule is CNC(=O)C(Cc1ccccc1)N(Cc1ccccc1)C(=O)CN(c1ccc(C)cc1)S(=O)(=O)c1ccc(OC)cc1. The van der Waals surface area contributed by atoms with Gasteiger partial charge in [-0.25, -0.2) is 8.42 Å². The van der Waals surface area contributed by atoms with Crippen molar-refractivity contribution >= 4 is 27.5 Å². The van der Waals surface area contributed by atoms with Crippen LogP contribution in [-0.4, -0.2) is 51.9 Å². The van der Waals surface area contributed by atoms with Crippen LogP contribution in [-0.2, 0) is 32.6 Å². The lowest BCUT2D eigenvalue weighted by Gasteiger charge is -2.33. The highest BCUT2D eigenvalue weighted by Crippen LogP contribution is 2.26. The molecule has 8 nitrogen and oxygen atoms in total. The zero-order chi connectivity index (χ0) is 30.1. The number of amides is 2. The number of hydrogen-bond donors (Lipinski definition) is 1. The van der Waals surface area contributed by atoms with Crippen molar-refractivity contribution in [1.29, 1.82) is 0 Å². The number of anilines is 1. The first-order chi connectivity index (χ1) is 20.2. The topological polar surface area (TPSA) is 96.0 Å². The van der Waals surface area contributed by atoms with Crippen molar-refractivity contribution in [1.82, 2.24) is 10.2 Å².